The van der Waals surface area contributed by atoms with Crippen molar-refractivity contribution in [3.63, 3.8) is 0 Å². The average Bonchev–Trinajstić information content (AvgIpc) is 3.31. The molecule has 18 nitrogen and oxygen atoms in total. The second-order valence-electron chi connectivity index (χ2n) is 21.2. The predicted molar refractivity (Wildman–Crippen MR) is 290 cm³/mol. The van der Waals surface area contributed by atoms with Gasteiger partial charge >= 0.3 is 0 Å². The van der Waals surface area contributed by atoms with Crippen LogP contribution in [0.2, 0.25) is 36.3 Å². The molecule has 390 valence electrons. The van der Waals surface area contributed by atoms with Gasteiger partial charge in [0.15, 0.2) is 28.3 Å². The highest BCUT2D eigenvalue weighted by Gasteiger charge is 2.38. The van der Waals surface area contributed by atoms with E-state index in [9.17, 15) is 26.4 Å². The van der Waals surface area contributed by atoms with Crippen molar-refractivity contribution in [1.82, 2.24) is 27.7 Å². The second-order valence-corrected chi connectivity index (χ2v) is 34.8. The topological polar surface area (TPSA) is 217 Å². The molecule has 0 saturated carbocycles. The van der Waals surface area contributed by atoms with Crippen molar-refractivity contribution in [1.29, 1.82) is 10.5 Å². The van der Waals surface area contributed by atoms with Gasteiger partial charge in [-0.1, -0.05) is 47.6 Å². The highest BCUT2D eigenvalue weighted by Crippen LogP contribution is 2.37. The zero-order valence-electron chi connectivity index (χ0n) is 44.0. The number of benzene rings is 2. The lowest BCUT2D eigenvalue weighted by molar-refractivity contribution is 0.282. The highest BCUT2D eigenvalue weighted by molar-refractivity contribution is 7.88. The summed E-state index contributed by atoms with van der Waals surface area (Å²) in [5.41, 5.74) is 3.05. The Kier molecular flexibility index (Phi) is 18.6. The van der Waals surface area contributed by atoms with Crippen LogP contribution in [0, 0.1) is 22.7 Å². The largest absolute Gasteiger partial charge is 0.417 e. The van der Waals surface area contributed by atoms with Gasteiger partial charge in [0, 0.05) is 82.7 Å². The van der Waals surface area contributed by atoms with Crippen LogP contribution in [0.1, 0.15) is 70.5 Å². The van der Waals surface area contributed by atoms with E-state index in [1.54, 1.807) is 65.5 Å². The average molecular weight is 1060 g/mol. The normalized spacial score (nSPS) is 15.8. The Morgan fingerprint density at radius 3 is 1.43 bits per heavy atom. The molecule has 6 rings (SSSR count). The first kappa shape index (κ1) is 57.6. The van der Waals surface area contributed by atoms with Gasteiger partial charge in [0.1, 0.15) is 0 Å². The van der Waals surface area contributed by atoms with Crippen LogP contribution in [-0.4, -0.2) is 139 Å². The molecule has 0 atom stereocenters. The Morgan fingerprint density at radius 1 is 0.625 bits per heavy atom. The van der Waals surface area contributed by atoms with Crippen molar-refractivity contribution in [3.05, 3.63) is 110 Å². The number of aryl methyl sites for hydroxylation is 1. The summed E-state index contributed by atoms with van der Waals surface area (Å²) in [7, 11) is -10.3. The summed E-state index contributed by atoms with van der Waals surface area (Å²) in [6.45, 7) is 25.8. The minimum atomic E-state index is -3.29. The lowest BCUT2D eigenvalue weighted by atomic mass is 10.2. The number of nitriles is 2. The molecular formula is C50H72N10O8S2Si2. The lowest BCUT2D eigenvalue weighted by Crippen LogP contribution is -2.50. The standard InChI is InChI=1S/C25H37N5O4SSi.C25H35N5O4SSi/c2*1-25(2,3)36(5,6)34-17-7-8-21-19-30(22-11-9-20(18-26)10-12-22)24(31)23(27-21)28-13-15-29(16-14-28)35(4,32)33/h9-12,19H,7-8,13-17H2,1-6H3;7-12,19H,13-17H2,1-6H3/b;8-7+. The Bertz CT molecular complexity index is 2990. The molecule has 0 amide bonds. The maximum Gasteiger partial charge on any atom is 0.298 e. The third-order valence-electron chi connectivity index (χ3n) is 13.9. The summed E-state index contributed by atoms with van der Waals surface area (Å²) in [6.07, 6.45) is 11.0. The Labute approximate surface area is 428 Å². The summed E-state index contributed by atoms with van der Waals surface area (Å²) in [5, 5.41) is 18.5. The van der Waals surface area contributed by atoms with Gasteiger partial charge in [-0.3, -0.25) is 18.7 Å². The fourth-order valence-corrected chi connectivity index (χ4v) is 11.0. The predicted octanol–water partition coefficient (Wildman–Crippen LogP) is 6.36. The van der Waals surface area contributed by atoms with E-state index in [0.717, 1.165) is 12.1 Å². The van der Waals surface area contributed by atoms with Gasteiger partial charge in [0.05, 0.1) is 53.8 Å². The number of rotatable bonds is 15. The van der Waals surface area contributed by atoms with Gasteiger partial charge in [0.2, 0.25) is 20.0 Å². The fraction of sp³-hybridized carbons (Fsp3) is 0.520. The van der Waals surface area contributed by atoms with E-state index in [1.165, 1.54) is 25.7 Å². The third kappa shape index (κ3) is 14.9. The van der Waals surface area contributed by atoms with Gasteiger partial charge < -0.3 is 18.7 Å². The molecule has 0 spiro atoms. The van der Waals surface area contributed by atoms with Crippen molar-refractivity contribution >= 4 is 54.4 Å². The SMILES string of the molecule is CC(C)(C)[Si](C)(C)OC/C=C/c1cn(-c2ccc(C#N)cc2)c(=O)c(N2CCN(S(C)(=O)=O)CC2)n1.CC(C)(C)[Si](C)(C)OCCCc1cn(-c2ccc(C#N)cc2)c(=O)c(N2CCN(S(C)(=O)=O)CC2)n1. The van der Waals surface area contributed by atoms with Crippen LogP contribution >= 0.6 is 0 Å². The van der Waals surface area contributed by atoms with Crippen molar-refractivity contribution in [2.24, 2.45) is 0 Å². The smallest absolute Gasteiger partial charge is 0.298 e. The molecule has 0 unspecified atom stereocenters. The summed E-state index contributed by atoms with van der Waals surface area (Å²) in [5.74, 6) is 0.579. The Morgan fingerprint density at radius 2 is 1.03 bits per heavy atom. The molecule has 4 aromatic rings. The third-order valence-corrected chi connectivity index (χ3v) is 25.5. The van der Waals surface area contributed by atoms with Crippen molar-refractivity contribution < 1.29 is 25.7 Å². The maximum atomic E-state index is 13.5. The number of hydrogen-bond donors (Lipinski definition) is 0. The molecule has 2 aromatic heterocycles. The number of aromatic nitrogens is 4. The summed E-state index contributed by atoms with van der Waals surface area (Å²) in [6, 6.07) is 17.8. The van der Waals surface area contributed by atoms with Crippen LogP contribution < -0.4 is 20.9 Å². The van der Waals surface area contributed by atoms with Crippen LogP contribution in [-0.2, 0) is 35.3 Å². The van der Waals surface area contributed by atoms with E-state index in [1.807, 2.05) is 22.0 Å². The first-order valence-electron chi connectivity index (χ1n) is 24.1. The number of anilines is 2. The maximum absolute atomic E-state index is 13.5. The molecular weight excluding hydrogens is 989 g/mol. The molecule has 72 heavy (non-hydrogen) atoms. The van der Waals surface area contributed by atoms with E-state index in [-0.39, 0.29) is 40.1 Å². The molecule has 0 radical (unpaired) electrons. The fourth-order valence-electron chi connectivity index (χ4n) is 7.32. The molecule has 0 bridgehead atoms. The van der Waals surface area contributed by atoms with Crippen LogP contribution in [0.25, 0.3) is 17.5 Å². The Balaban J connectivity index is 0.000000267. The lowest BCUT2D eigenvalue weighted by Gasteiger charge is -2.36. The molecule has 2 aliphatic rings. The van der Waals surface area contributed by atoms with Gasteiger partial charge in [-0.05, 0) is 104 Å². The van der Waals surface area contributed by atoms with Crippen LogP contribution in [0.15, 0.2) is 76.6 Å². The van der Waals surface area contributed by atoms with E-state index < -0.39 is 36.7 Å². The van der Waals surface area contributed by atoms with Crippen molar-refractivity contribution in [3.8, 4) is 23.5 Å². The van der Waals surface area contributed by atoms with Gasteiger partial charge in [-0.25, -0.2) is 26.8 Å². The first-order chi connectivity index (χ1) is 33.5. The molecule has 2 aromatic carbocycles. The molecule has 0 aliphatic carbocycles. The first-order valence-corrected chi connectivity index (χ1v) is 33.6. The number of piperazine rings is 2. The number of sulfonamides is 2. The van der Waals surface area contributed by atoms with Gasteiger partial charge in [-0.2, -0.15) is 19.1 Å². The monoisotopic (exact) mass is 1060 g/mol. The molecule has 2 aliphatic heterocycles. The van der Waals surface area contributed by atoms with Crippen molar-refractivity contribution in [2.45, 2.75) is 90.6 Å². The summed E-state index contributed by atoms with van der Waals surface area (Å²) in [4.78, 5) is 39.9. The number of nitrogens with zero attached hydrogens (tertiary/aromatic N) is 10. The minimum absolute atomic E-state index is 0.100. The molecule has 4 heterocycles. The van der Waals surface area contributed by atoms with Crippen molar-refractivity contribution in [2.75, 3.05) is 87.9 Å². The molecule has 22 heteroatoms. The van der Waals surface area contributed by atoms with Gasteiger partial charge in [-0.15, -0.1) is 0 Å². The summed E-state index contributed by atoms with van der Waals surface area (Å²) >= 11 is 0. The van der Waals surface area contributed by atoms with Crippen LogP contribution in [0.3, 0.4) is 0 Å². The number of hydrogen-bond acceptors (Lipinski definition) is 14. The van der Waals surface area contributed by atoms with Crippen LogP contribution in [0.5, 0.6) is 0 Å². The van der Waals surface area contributed by atoms with Gasteiger partial charge in [0.25, 0.3) is 11.1 Å². The minimum Gasteiger partial charge on any atom is -0.417 e. The van der Waals surface area contributed by atoms with E-state index in [2.05, 4.69) is 84.9 Å². The zero-order chi connectivity index (χ0) is 53.5. The van der Waals surface area contributed by atoms with Crippen LogP contribution in [0.4, 0.5) is 11.6 Å². The molecule has 2 saturated heterocycles. The zero-order valence-corrected chi connectivity index (χ0v) is 47.6. The molecule has 2 fully saturated rings. The molecule has 0 N–H and O–H groups in total. The summed E-state index contributed by atoms with van der Waals surface area (Å²) < 4.78 is 66.1. The van der Waals surface area contributed by atoms with E-state index in [4.69, 9.17) is 24.4 Å². The van der Waals surface area contributed by atoms with E-state index >= 15 is 0 Å². The second kappa shape index (κ2) is 23.3. The quantitative estimate of drug-likeness (QED) is 0.0936. The van der Waals surface area contributed by atoms with E-state index in [0.29, 0.717) is 92.9 Å². The highest BCUT2D eigenvalue weighted by atomic mass is 32.2. The Hall–Kier alpha value is -5.31.